The third-order valence-electron chi connectivity index (χ3n) is 2.84. The number of hydrogen-bond donors (Lipinski definition) is 0. The van der Waals surface area contributed by atoms with Crippen molar-refractivity contribution in [1.82, 2.24) is 0 Å². The van der Waals surface area contributed by atoms with E-state index in [9.17, 15) is 0 Å². The van der Waals surface area contributed by atoms with Crippen molar-refractivity contribution in [3.63, 3.8) is 0 Å². The summed E-state index contributed by atoms with van der Waals surface area (Å²) in [5.41, 5.74) is 0. The van der Waals surface area contributed by atoms with Crippen LogP contribution in [0.3, 0.4) is 0 Å². The first-order valence-electron chi connectivity index (χ1n) is 7.90. The standard InChI is InChI=1S/C14H34O4Si3/c1-19(2,3)15-11-13-12(17-20(4,5)6)10-14(16-13)18-21(7,8)9/h12-14H,10-11H2,1-9H3/t12-,13+,14-/m0/s1. The van der Waals surface area contributed by atoms with Crippen molar-refractivity contribution in [3.8, 4) is 0 Å². The quantitative estimate of drug-likeness (QED) is 0.650. The zero-order chi connectivity index (χ0) is 16.5. The molecule has 1 aliphatic heterocycles. The highest BCUT2D eigenvalue weighted by Crippen LogP contribution is 2.29. The minimum atomic E-state index is -1.60. The van der Waals surface area contributed by atoms with Crippen molar-refractivity contribution >= 4 is 25.0 Å². The monoisotopic (exact) mass is 350 g/mol. The Morgan fingerprint density at radius 3 is 1.76 bits per heavy atom. The van der Waals surface area contributed by atoms with Crippen LogP contribution < -0.4 is 0 Å². The summed E-state index contributed by atoms with van der Waals surface area (Å²) in [6, 6.07) is 0. The second kappa shape index (κ2) is 6.94. The highest BCUT2D eigenvalue weighted by Gasteiger charge is 2.41. The fourth-order valence-corrected chi connectivity index (χ4v) is 4.97. The van der Waals surface area contributed by atoms with E-state index in [0.29, 0.717) is 6.61 Å². The lowest BCUT2D eigenvalue weighted by molar-refractivity contribution is -0.0941. The van der Waals surface area contributed by atoms with Gasteiger partial charge in [0, 0.05) is 6.42 Å². The second-order valence-corrected chi connectivity index (χ2v) is 22.2. The summed E-state index contributed by atoms with van der Waals surface area (Å²) in [6.45, 7) is 20.5. The van der Waals surface area contributed by atoms with Crippen LogP contribution >= 0.6 is 0 Å². The van der Waals surface area contributed by atoms with E-state index in [1.807, 2.05) is 0 Å². The lowest BCUT2D eigenvalue weighted by atomic mass is 10.2. The van der Waals surface area contributed by atoms with Gasteiger partial charge in [0.25, 0.3) is 0 Å². The molecule has 0 bridgehead atoms. The van der Waals surface area contributed by atoms with Crippen LogP contribution in [0.25, 0.3) is 0 Å². The maximum atomic E-state index is 6.31. The van der Waals surface area contributed by atoms with Gasteiger partial charge in [0.1, 0.15) is 6.10 Å². The van der Waals surface area contributed by atoms with E-state index in [0.717, 1.165) is 6.42 Å². The zero-order valence-corrected chi connectivity index (χ0v) is 18.3. The first-order chi connectivity index (χ1) is 9.25. The second-order valence-electron chi connectivity index (χ2n) is 8.76. The minimum absolute atomic E-state index is 0.00444. The molecule has 126 valence electrons. The van der Waals surface area contributed by atoms with Gasteiger partial charge in [-0.25, -0.2) is 0 Å². The van der Waals surface area contributed by atoms with Crippen LogP contribution in [0, 0.1) is 0 Å². The molecule has 0 radical (unpaired) electrons. The molecule has 0 unspecified atom stereocenters. The molecular formula is C14H34O4Si3. The Kier molecular flexibility index (Phi) is 6.46. The van der Waals surface area contributed by atoms with Crippen molar-refractivity contribution in [3.05, 3.63) is 0 Å². The summed E-state index contributed by atoms with van der Waals surface area (Å²) < 4.78 is 24.6. The third-order valence-corrected chi connectivity index (χ3v) is 5.85. The molecule has 1 rings (SSSR count). The normalized spacial score (nSPS) is 28.1. The number of ether oxygens (including phenoxy) is 1. The third kappa shape index (κ3) is 8.63. The smallest absolute Gasteiger partial charge is 0.187 e. The zero-order valence-electron chi connectivity index (χ0n) is 15.3. The fraction of sp³-hybridized carbons (Fsp3) is 1.00. The van der Waals surface area contributed by atoms with Gasteiger partial charge >= 0.3 is 0 Å². The average molecular weight is 351 g/mol. The summed E-state index contributed by atoms with van der Waals surface area (Å²) in [7, 11) is -4.73. The van der Waals surface area contributed by atoms with Gasteiger partial charge in [-0.15, -0.1) is 0 Å². The molecule has 1 fully saturated rings. The van der Waals surface area contributed by atoms with Crippen LogP contribution in [0.5, 0.6) is 0 Å². The summed E-state index contributed by atoms with van der Waals surface area (Å²) in [5, 5.41) is 0. The first kappa shape index (κ1) is 19.5. The minimum Gasteiger partial charge on any atom is -0.415 e. The van der Waals surface area contributed by atoms with Gasteiger partial charge < -0.3 is 18.0 Å². The fourth-order valence-electron chi connectivity index (χ4n) is 2.21. The lowest BCUT2D eigenvalue weighted by Crippen LogP contribution is -2.40. The molecule has 0 aromatic heterocycles. The summed E-state index contributed by atoms with van der Waals surface area (Å²) >= 11 is 0. The molecule has 1 aliphatic rings. The van der Waals surface area contributed by atoms with Crippen LogP contribution in [-0.4, -0.2) is 50.1 Å². The number of hydrogen-bond acceptors (Lipinski definition) is 4. The Balaban J connectivity index is 2.66. The highest BCUT2D eigenvalue weighted by atomic mass is 28.4. The Labute approximate surface area is 133 Å². The van der Waals surface area contributed by atoms with Crippen LogP contribution in [-0.2, 0) is 18.0 Å². The van der Waals surface area contributed by atoms with E-state index in [2.05, 4.69) is 58.9 Å². The highest BCUT2D eigenvalue weighted by molar-refractivity contribution is 6.70. The maximum absolute atomic E-state index is 6.31. The molecule has 0 aliphatic carbocycles. The van der Waals surface area contributed by atoms with Gasteiger partial charge in [-0.05, 0) is 58.9 Å². The molecule has 0 N–H and O–H groups in total. The summed E-state index contributed by atoms with van der Waals surface area (Å²) in [4.78, 5) is 0. The van der Waals surface area contributed by atoms with E-state index in [-0.39, 0.29) is 18.5 Å². The molecular weight excluding hydrogens is 316 g/mol. The van der Waals surface area contributed by atoms with E-state index in [1.165, 1.54) is 0 Å². The molecule has 0 aromatic carbocycles. The molecule has 0 aromatic rings. The van der Waals surface area contributed by atoms with Crippen LogP contribution in [0.4, 0.5) is 0 Å². The van der Waals surface area contributed by atoms with Crippen molar-refractivity contribution in [1.29, 1.82) is 0 Å². The Bertz CT molecular complexity index is 331. The number of rotatable bonds is 7. The van der Waals surface area contributed by atoms with Crippen molar-refractivity contribution in [2.45, 2.75) is 83.8 Å². The first-order valence-corrected chi connectivity index (χ1v) is 18.1. The van der Waals surface area contributed by atoms with E-state index >= 15 is 0 Å². The van der Waals surface area contributed by atoms with Crippen molar-refractivity contribution in [2.75, 3.05) is 6.61 Å². The molecule has 21 heavy (non-hydrogen) atoms. The molecule has 7 heteroatoms. The maximum Gasteiger partial charge on any atom is 0.187 e. The summed E-state index contributed by atoms with van der Waals surface area (Å²) in [5.74, 6) is 0. The van der Waals surface area contributed by atoms with Crippen molar-refractivity contribution < 1.29 is 18.0 Å². The van der Waals surface area contributed by atoms with Crippen LogP contribution in [0.2, 0.25) is 58.9 Å². The molecule has 1 heterocycles. The molecule has 3 atom stereocenters. The van der Waals surface area contributed by atoms with Gasteiger partial charge in [0.05, 0.1) is 12.7 Å². The molecule has 4 nitrogen and oxygen atoms in total. The van der Waals surface area contributed by atoms with Gasteiger partial charge in [0.15, 0.2) is 31.2 Å². The average Bonchev–Trinajstić information content (AvgIpc) is 2.50. The predicted octanol–water partition coefficient (Wildman–Crippen LogP) is 4.02. The topological polar surface area (TPSA) is 36.9 Å². The molecule has 0 saturated carbocycles. The van der Waals surface area contributed by atoms with Crippen LogP contribution in [0.1, 0.15) is 6.42 Å². The molecule has 0 spiro atoms. The van der Waals surface area contributed by atoms with Crippen LogP contribution in [0.15, 0.2) is 0 Å². The lowest BCUT2D eigenvalue weighted by Gasteiger charge is -2.28. The Hall–Kier alpha value is 0.491. The Morgan fingerprint density at radius 1 is 0.810 bits per heavy atom. The largest absolute Gasteiger partial charge is 0.415 e. The van der Waals surface area contributed by atoms with Gasteiger partial charge in [-0.2, -0.15) is 0 Å². The van der Waals surface area contributed by atoms with Gasteiger partial charge in [-0.3, -0.25) is 0 Å². The van der Waals surface area contributed by atoms with Crippen molar-refractivity contribution in [2.24, 2.45) is 0 Å². The SMILES string of the molecule is C[Si](C)(C)OC[C@H]1O[C@@H](O[Si](C)(C)C)C[C@@H]1O[Si](C)(C)C. The van der Waals surface area contributed by atoms with E-state index < -0.39 is 25.0 Å². The van der Waals surface area contributed by atoms with E-state index in [4.69, 9.17) is 18.0 Å². The predicted molar refractivity (Wildman–Crippen MR) is 95.2 cm³/mol. The molecule has 0 amide bonds. The van der Waals surface area contributed by atoms with Gasteiger partial charge in [-0.1, -0.05) is 0 Å². The van der Waals surface area contributed by atoms with Gasteiger partial charge in [0.2, 0.25) is 0 Å². The molecule has 1 saturated heterocycles. The van der Waals surface area contributed by atoms with E-state index in [1.54, 1.807) is 0 Å². The summed E-state index contributed by atoms with van der Waals surface area (Å²) in [6.07, 6.45) is 0.807. The Morgan fingerprint density at radius 2 is 1.33 bits per heavy atom.